The van der Waals surface area contributed by atoms with Gasteiger partial charge in [0.15, 0.2) is 0 Å². The highest BCUT2D eigenvalue weighted by Gasteiger charge is 2.22. The number of non-ortho nitro benzene ring substituents is 1. The minimum Gasteiger partial charge on any atom is -0.321 e. The number of rotatable bonds is 3. The number of nitro benzene ring substituents is 1. The molecule has 0 atom stereocenters. The largest absolute Gasteiger partial charge is 0.321 e. The average Bonchev–Trinajstić information content (AvgIpc) is 2.87. The quantitative estimate of drug-likeness (QED) is 0.542. The van der Waals surface area contributed by atoms with Crippen molar-refractivity contribution in [3.63, 3.8) is 0 Å². The van der Waals surface area contributed by atoms with Crippen molar-refractivity contribution >= 4 is 50.3 Å². The molecule has 8 heteroatoms. The van der Waals surface area contributed by atoms with Gasteiger partial charge in [0.05, 0.1) is 9.95 Å². The molecule has 3 rings (SSSR count). The zero-order valence-corrected chi connectivity index (χ0v) is 13.0. The lowest BCUT2D eigenvalue weighted by molar-refractivity contribution is -0.382. The molecule has 23 heavy (non-hydrogen) atoms. The minimum atomic E-state index is -0.517. The summed E-state index contributed by atoms with van der Waals surface area (Å²) in [7, 11) is 0. The van der Waals surface area contributed by atoms with Crippen molar-refractivity contribution in [3.8, 4) is 0 Å². The van der Waals surface area contributed by atoms with Gasteiger partial charge in [0.2, 0.25) is 0 Å². The molecule has 0 aliphatic heterocycles. The number of benzene rings is 2. The molecule has 0 saturated heterocycles. The van der Waals surface area contributed by atoms with Gasteiger partial charge in [-0.3, -0.25) is 14.9 Å². The van der Waals surface area contributed by atoms with Crippen molar-refractivity contribution in [1.82, 2.24) is 0 Å². The zero-order chi connectivity index (χ0) is 16.6. The van der Waals surface area contributed by atoms with Gasteiger partial charge in [0, 0.05) is 17.1 Å². The van der Waals surface area contributed by atoms with Gasteiger partial charge in [0.1, 0.15) is 15.4 Å². The van der Waals surface area contributed by atoms with Gasteiger partial charge in [0.25, 0.3) is 11.6 Å². The predicted molar refractivity (Wildman–Crippen MR) is 87.8 cm³/mol. The van der Waals surface area contributed by atoms with E-state index in [2.05, 4.69) is 5.32 Å². The Morgan fingerprint density at radius 2 is 1.91 bits per heavy atom. The third-order valence-electron chi connectivity index (χ3n) is 3.14. The summed E-state index contributed by atoms with van der Waals surface area (Å²) in [5.41, 5.74) is 0.301. The molecule has 0 fully saturated rings. The third-order valence-corrected chi connectivity index (χ3v) is 4.87. The topological polar surface area (TPSA) is 72.2 Å². The molecular weight excluding hydrogens is 343 g/mol. The molecule has 0 bridgehead atoms. The molecule has 1 N–H and O–H groups in total. The van der Waals surface area contributed by atoms with Crippen molar-refractivity contribution in [2.45, 2.75) is 0 Å². The molecule has 0 aliphatic carbocycles. The Morgan fingerprint density at radius 1 is 1.22 bits per heavy atom. The maximum absolute atomic E-state index is 12.9. The van der Waals surface area contributed by atoms with Crippen molar-refractivity contribution in [1.29, 1.82) is 0 Å². The van der Waals surface area contributed by atoms with Gasteiger partial charge < -0.3 is 5.32 Å². The van der Waals surface area contributed by atoms with E-state index in [0.717, 1.165) is 11.3 Å². The molecule has 0 radical (unpaired) electrons. The summed E-state index contributed by atoms with van der Waals surface area (Å²) in [6, 6.07) is 9.75. The number of carbonyl (C=O) groups excluding carboxylic acids is 1. The molecule has 2 aromatic carbocycles. The Balaban J connectivity index is 2.01. The van der Waals surface area contributed by atoms with Crippen LogP contribution in [-0.4, -0.2) is 10.8 Å². The van der Waals surface area contributed by atoms with Crippen LogP contribution >= 0.6 is 22.9 Å². The van der Waals surface area contributed by atoms with Gasteiger partial charge in [-0.15, -0.1) is 11.3 Å². The number of nitrogens with one attached hydrogen (secondary N) is 1. The van der Waals surface area contributed by atoms with Gasteiger partial charge >= 0.3 is 0 Å². The first-order chi connectivity index (χ1) is 11.0. The number of amides is 1. The summed E-state index contributed by atoms with van der Waals surface area (Å²) < 4.78 is 13.2. The van der Waals surface area contributed by atoms with E-state index in [1.807, 2.05) is 0 Å². The van der Waals surface area contributed by atoms with Crippen LogP contribution in [0.5, 0.6) is 0 Å². The summed E-state index contributed by atoms with van der Waals surface area (Å²) in [6.45, 7) is 0. The predicted octanol–water partition coefficient (Wildman–Crippen LogP) is 4.85. The number of carbonyl (C=O) groups is 1. The Kier molecular flexibility index (Phi) is 3.97. The SMILES string of the molecule is O=C(Nc1ccc(F)cc1)c1sc2c([N+](=O)[O-])cccc2c1Cl. The number of nitrogens with zero attached hydrogens (tertiary/aromatic N) is 1. The molecule has 3 aromatic rings. The van der Waals surface area contributed by atoms with Crippen LogP contribution in [-0.2, 0) is 0 Å². The van der Waals surface area contributed by atoms with Crippen LogP contribution in [0.25, 0.3) is 10.1 Å². The van der Waals surface area contributed by atoms with Crippen LogP contribution in [0, 0.1) is 15.9 Å². The summed E-state index contributed by atoms with van der Waals surface area (Å²) in [5.74, 6) is -0.921. The van der Waals surface area contributed by atoms with Crippen molar-refractivity contribution in [2.75, 3.05) is 5.32 Å². The molecule has 0 saturated carbocycles. The average molecular weight is 351 g/mol. The second kappa shape index (κ2) is 5.94. The molecule has 0 aliphatic rings. The number of anilines is 1. The highest BCUT2D eigenvalue weighted by Crippen LogP contribution is 2.40. The smallest absolute Gasteiger partial charge is 0.287 e. The summed E-state index contributed by atoms with van der Waals surface area (Å²) in [6.07, 6.45) is 0. The molecule has 1 heterocycles. The zero-order valence-electron chi connectivity index (χ0n) is 11.4. The Morgan fingerprint density at radius 3 is 2.57 bits per heavy atom. The first kappa shape index (κ1) is 15.4. The monoisotopic (exact) mass is 350 g/mol. The maximum Gasteiger partial charge on any atom is 0.287 e. The van der Waals surface area contributed by atoms with Gasteiger partial charge in [-0.05, 0) is 24.3 Å². The van der Waals surface area contributed by atoms with E-state index in [0.29, 0.717) is 15.8 Å². The van der Waals surface area contributed by atoms with E-state index in [1.165, 1.54) is 36.4 Å². The molecule has 0 spiro atoms. The third kappa shape index (κ3) is 2.88. The fraction of sp³-hybridized carbons (Fsp3) is 0. The van der Waals surface area contributed by atoms with E-state index in [1.54, 1.807) is 6.07 Å². The minimum absolute atomic E-state index is 0.102. The molecule has 5 nitrogen and oxygen atoms in total. The van der Waals surface area contributed by atoms with Crippen LogP contribution in [0.2, 0.25) is 5.02 Å². The van der Waals surface area contributed by atoms with Crippen LogP contribution in [0.4, 0.5) is 15.8 Å². The highest BCUT2D eigenvalue weighted by molar-refractivity contribution is 7.22. The lowest BCUT2D eigenvalue weighted by atomic mass is 10.2. The molecule has 116 valence electrons. The van der Waals surface area contributed by atoms with Gasteiger partial charge in [-0.2, -0.15) is 0 Å². The van der Waals surface area contributed by atoms with Gasteiger partial charge in [-0.25, -0.2) is 4.39 Å². The van der Waals surface area contributed by atoms with Crippen LogP contribution in [0.15, 0.2) is 42.5 Å². The molecule has 1 amide bonds. The fourth-order valence-corrected chi connectivity index (χ4v) is 3.57. The Bertz CT molecular complexity index is 924. The number of nitro groups is 1. The standard InChI is InChI=1S/C15H8ClFN2O3S/c16-12-10-2-1-3-11(19(21)22)13(10)23-14(12)15(20)18-9-6-4-8(17)5-7-9/h1-7H,(H,18,20). The van der Waals surface area contributed by atoms with E-state index < -0.39 is 16.6 Å². The number of hydrogen-bond donors (Lipinski definition) is 1. The van der Waals surface area contributed by atoms with E-state index in [9.17, 15) is 19.3 Å². The summed E-state index contributed by atoms with van der Waals surface area (Å²) >= 11 is 7.14. The lowest BCUT2D eigenvalue weighted by Crippen LogP contribution is -2.10. The molecule has 0 unspecified atom stereocenters. The number of halogens is 2. The van der Waals surface area contributed by atoms with Crippen LogP contribution < -0.4 is 5.32 Å². The number of hydrogen-bond acceptors (Lipinski definition) is 4. The molecule has 1 aromatic heterocycles. The lowest BCUT2D eigenvalue weighted by Gasteiger charge is -2.03. The molecular formula is C15H8ClFN2O3S. The van der Waals surface area contributed by atoms with Crippen LogP contribution in [0.1, 0.15) is 9.67 Å². The summed E-state index contributed by atoms with van der Waals surface area (Å²) in [4.78, 5) is 23.0. The summed E-state index contributed by atoms with van der Waals surface area (Å²) in [5, 5.41) is 14.3. The number of fused-ring (bicyclic) bond motifs is 1. The van der Waals surface area contributed by atoms with E-state index >= 15 is 0 Å². The Labute approximate surface area is 138 Å². The van der Waals surface area contributed by atoms with Crippen molar-refractivity contribution < 1.29 is 14.1 Å². The first-order valence-corrected chi connectivity index (χ1v) is 7.59. The normalized spacial score (nSPS) is 10.7. The van der Waals surface area contributed by atoms with E-state index in [-0.39, 0.29) is 15.6 Å². The number of thiophene rings is 1. The fourth-order valence-electron chi connectivity index (χ4n) is 2.08. The van der Waals surface area contributed by atoms with Gasteiger partial charge in [-0.1, -0.05) is 23.7 Å². The van der Waals surface area contributed by atoms with E-state index in [4.69, 9.17) is 11.6 Å². The van der Waals surface area contributed by atoms with Crippen LogP contribution in [0.3, 0.4) is 0 Å². The maximum atomic E-state index is 12.9. The highest BCUT2D eigenvalue weighted by atomic mass is 35.5. The first-order valence-electron chi connectivity index (χ1n) is 6.39. The second-order valence-electron chi connectivity index (χ2n) is 4.62. The Hall–Kier alpha value is -2.51. The van der Waals surface area contributed by atoms with Crippen molar-refractivity contribution in [2.24, 2.45) is 0 Å². The van der Waals surface area contributed by atoms with Crippen molar-refractivity contribution in [3.05, 3.63) is 68.3 Å². The second-order valence-corrected chi connectivity index (χ2v) is 6.02.